The molecule has 5 heteroatoms. The largest absolute Gasteiger partial charge is 0.368 e. The van der Waals surface area contributed by atoms with Gasteiger partial charge in [-0.2, -0.15) is 0 Å². The van der Waals surface area contributed by atoms with Crippen LogP contribution in [0.25, 0.3) is 0 Å². The summed E-state index contributed by atoms with van der Waals surface area (Å²) in [4.78, 5) is 20.7. The van der Waals surface area contributed by atoms with Crippen LogP contribution >= 0.6 is 0 Å². The van der Waals surface area contributed by atoms with E-state index in [9.17, 15) is 4.79 Å². The van der Waals surface area contributed by atoms with Crippen LogP contribution in [0.3, 0.4) is 0 Å². The van der Waals surface area contributed by atoms with E-state index in [4.69, 9.17) is 4.74 Å². The fourth-order valence-corrected chi connectivity index (χ4v) is 2.88. The molecule has 1 unspecified atom stereocenters. The van der Waals surface area contributed by atoms with Crippen molar-refractivity contribution in [2.75, 3.05) is 37.7 Å². The lowest BCUT2D eigenvalue weighted by Crippen LogP contribution is -2.52. The molecule has 2 saturated heterocycles. The van der Waals surface area contributed by atoms with Crippen molar-refractivity contribution in [3.05, 3.63) is 24.5 Å². The Kier molecular flexibility index (Phi) is 4.16. The minimum Gasteiger partial charge on any atom is -0.368 e. The van der Waals surface area contributed by atoms with Crippen molar-refractivity contribution in [3.8, 4) is 0 Å². The lowest BCUT2D eigenvalue weighted by Gasteiger charge is -2.38. The van der Waals surface area contributed by atoms with Crippen LogP contribution in [-0.4, -0.2) is 54.7 Å². The third kappa shape index (κ3) is 2.93. The van der Waals surface area contributed by atoms with Gasteiger partial charge in [-0.3, -0.25) is 9.78 Å². The van der Waals surface area contributed by atoms with Crippen molar-refractivity contribution in [3.63, 3.8) is 0 Å². The van der Waals surface area contributed by atoms with Crippen molar-refractivity contribution in [1.82, 2.24) is 9.88 Å². The van der Waals surface area contributed by atoms with E-state index < -0.39 is 0 Å². The molecule has 0 spiro atoms. The molecule has 2 aliphatic heterocycles. The molecule has 20 heavy (non-hydrogen) atoms. The lowest BCUT2D eigenvalue weighted by molar-refractivity contribution is -0.146. The number of carbonyl (C=O) groups excluding carboxylic acids is 1. The summed E-state index contributed by atoms with van der Waals surface area (Å²) < 4.78 is 5.59. The van der Waals surface area contributed by atoms with E-state index in [0.29, 0.717) is 0 Å². The number of anilines is 1. The van der Waals surface area contributed by atoms with Crippen LogP contribution in [0, 0.1) is 0 Å². The second-order valence-electron chi connectivity index (χ2n) is 5.37. The van der Waals surface area contributed by atoms with Crippen molar-refractivity contribution < 1.29 is 9.53 Å². The second-order valence-corrected chi connectivity index (χ2v) is 5.37. The smallest absolute Gasteiger partial charge is 0.251 e. The zero-order valence-electron chi connectivity index (χ0n) is 11.7. The van der Waals surface area contributed by atoms with Gasteiger partial charge in [-0.1, -0.05) is 0 Å². The fourth-order valence-electron chi connectivity index (χ4n) is 2.88. The molecule has 1 aromatic rings. The van der Waals surface area contributed by atoms with Crippen LogP contribution < -0.4 is 4.90 Å². The van der Waals surface area contributed by atoms with E-state index in [0.717, 1.165) is 52.0 Å². The molecule has 5 nitrogen and oxygen atoms in total. The first-order valence-electron chi connectivity index (χ1n) is 7.40. The predicted octanol–water partition coefficient (Wildman–Crippen LogP) is 1.30. The zero-order valence-corrected chi connectivity index (χ0v) is 11.7. The number of piperazine rings is 1. The fraction of sp³-hybridized carbons (Fsp3) is 0.600. The normalized spacial score (nSPS) is 23.7. The van der Waals surface area contributed by atoms with Gasteiger partial charge in [-0.05, 0) is 31.4 Å². The van der Waals surface area contributed by atoms with Crippen molar-refractivity contribution in [1.29, 1.82) is 0 Å². The second kappa shape index (κ2) is 6.22. The molecule has 3 heterocycles. The summed E-state index contributed by atoms with van der Waals surface area (Å²) in [5, 5.41) is 0. The molecule has 1 aromatic heterocycles. The number of nitrogens with zero attached hydrogens (tertiary/aromatic N) is 3. The maximum Gasteiger partial charge on any atom is 0.251 e. The molecular formula is C15H21N3O2. The van der Waals surface area contributed by atoms with Gasteiger partial charge in [0.25, 0.3) is 5.91 Å². The number of hydrogen-bond acceptors (Lipinski definition) is 4. The maximum atomic E-state index is 12.4. The van der Waals surface area contributed by atoms with Crippen molar-refractivity contribution in [2.24, 2.45) is 0 Å². The summed E-state index contributed by atoms with van der Waals surface area (Å²) in [5.41, 5.74) is 1.18. The number of ether oxygens (including phenoxy) is 1. The molecule has 3 rings (SSSR count). The van der Waals surface area contributed by atoms with Crippen LogP contribution in [0.1, 0.15) is 19.3 Å². The van der Waals surface area contributed by atoms with Crippen LogP contribution in [0.5, 0.6) is 0 Å². The van der Waals surface area contributed by atoms with Crippen LogP contribution in [0.15, 0.2) is 24.5 Å². The predicted molar refractivity (Wildman–Crippen MR) is 76.6 cm³/mol. The number of amides is 1. The van der Waals surface area contributed by atoms with Gasteiger partial charge < -0.3 is 14.5 Å². The number of rotatable bonds is 2. The number of aromatic nitrogens is 1. The highest BCUT2D eigenvalue weighted by molar-refractivity contribution is 5.81. The third-order valence-corrected chi connectivity index (χ3v) is 4.07. The molecule has 1 atom stereocenters. The number of pyridine rings is 1. The van der Waals surface area contributed by atoms with Gasteiger partial charge in [-0.25, -0.2) is 0 Å². The first-order valence-corrected chi connectivity index (χ1v) is 7.40. The Hall–Kier alpha value is -1.62. The highest BCUT2D eigenvalue weighted by Gasteiger charge is 2.29. The Morgan fingerprint density at radius 2 is 1.90 bits per heavy atom. The Morgan fingerprint density at radius 1 is 1.15 bits per heavy atom. The summed E-state index contributed by atoms with van der Waals surface area (Å²) in [6.45, 7) is 4.04. The quantitative estimate of drug-likeness (QED) is 0.816. The molecule has 1 amide bonds. The minimum absolute atomic E-state index is 0.180. The summed E-state index contributed by atoms with van der Waals surface area (Å²) in [6.07, 6.45) is 6.48. The molecule has 0 aromatic carbocycles. The standard InChI is InChI=1S/C15H21N3O2/c19-15(14-3-1-2-12-20-14)18-10-8-17(9-11-18)13-4-6-16-7-5-13/h4-7,14H,1-3,8-12H2. The van der Waals surface area contributed by atoms with E-state index in [-0.39, 0.29) is 12.0 Å². The Labute approximate surface area is 119 Å². The molecule has 2 fully saturated rings. The Morgan fingerprint density at radius 3 is 2.55 bits per heavy atom. The van der Waals surface area contributed by atoms with E-state index >= 15 is 0 Å². The lowest BCUT2D eigenvalue weighted by atomic mass is 10.1. The van der Waals surface area contributed by atoms with Gasteiger partial charge >= 0.3 is 0 Å². The van der Waals surface area contributed by atoms with E-state index in [2.05, 4.69) is 9.88 Å². The van der Waals surface area contributed by atoms with E-state index in [1.807, 2.05) is 29.4 Å². The van der Waals surface area contributed by atoms with E-state index in [1.54, 1.807) is 0 Å². The van der Waals surface area contributed by atoms with Crippen molar-refractivity contribution in [2.45, 2.75) is 25.4 Å². The average Bonchev–Trinajstić information content (AvgIpc) is 2.56. The molecule has 0 aliphatic carbocycles. The van der Waals surface area contributed by atoms with Gasteiger partial charge in [0.1, 0.15) is 6.10 Å². The third-order valence-electron chi connectivity index (χ3n) is 4.07. The number of hydrogen-bond donors (Lipinski definition) is 0. The SMILES string of the molecule is O=C(C1CCCCO1)N1CCN(c2ccncc2)CC1. The number of carbonyl (C=O) groups is 1. The first kappa shape index (κ1) is 13.4. The highest BCUT2D eigenvalue weighted by atomic mass is 16.5. The summed E-state index contributed by atoms with van der Waals surface area (Å²) in [5.74, 6) is 0.180. The monoisotopic (exact) mass is 275 g/mol. The highest BCUT2D eigenvalue weighted by Crippen LogP contribution is 2.18. The molecular weight excluding hydrogens is 254 g/mol. The Balaban J connectivity index is 1.54. The Bertz CT molecular complexity index is 438. The summed E-state index contributed by atoms with van der Waals surface area (Å²) >= 11 is 0. The summed E-state index contributed by atoms with van der Waals surface area (Å²) in [6, 6.07) is 4.03. The van der Waals surface area contributed by atoms with Gasteiger partial charge in [0.2, 0.25) is 0 Å². The van der Waals surface area contributed by atoms with Gasteiger partial charge in [0, 0.05) is 50.9 Å². The summed E-state index contributed by atoms with van der Waals surface area (Å²) in [7, 11) is 0. The average molecular weight is 275 g/mol. The first-order chi connectivity index (χ1) is 9.84. The molecule has 0 N–H and O–H groups in total. The van der Waals surface area contributed by atoms with Gasteiger partial charge in [-0.15, -0.1) is 0 Å². The molecule has 0 saturated carbocycles. The van der Waals surface area contributed by atoms with Crippen LogP contribution in [-0.2, 0) is 9.53 Å². The maximum absolute atomic E-state index is 12.4. The topological polar surface area (TPSA) is 45.7 Å². The van der Waals surface area contributed by atoms with Gasteiger partial charge in [0.15, 0.2) is 0 Å². The molecule has 0 bridgehead atoms. The van der Waals surface area contributed by atoms with Crippen molar-refractivity contribution >= 4 is 11.6 Å². The molecule has 0 radical (unpaired) electrons. The molecule has 108 valence electrons. The van der Waals surface area contributed by atoms with E-state index in [1.165, 1.54) is 5.69 Å². The van der Waals surface area contributed by atoms with Crippen LogP contribution in [0.2, 0.25) is 0 Å². The van der Waals surface area contributed by atoms with Crippen LogP contribution in [0.4, 0.5) is 5.69 Å². The van der Waals surface area contributed by atoms with Gasteiger partial charge in [0.05, 0.1) is 0 Å². The minimum atomic E-state index is -0.198. The molecule has 2 aliphatic rings. The zero-order chi connectivity index (χ0) is 13.8.